The maximum atomic E-state index is 12.8. The summed E-state index contributed by atoms with van der Waals surface area (Å²) >= 11 is 0. The molecular weight excluding hydrogens is 342 g/mol. The number of fused-ring (bicyclic) bond motifs is 4. The number of carbonyl (C=O) groups is 1. The Morgan fingerprint density at radius 3 is 2.68 bits per heavy atom. The number of benzene rings is 1. The third-order valence-electron chi connectivity index (χ3n) is 5.05. The molecule has 0 saturated carbocycles. The molecule has 1 aromatic carbocycles. The van der Waals surface area contributed by atoms with Crippen molar-refractivity contribution in [3.8, 4) is 5.75 Å². The van der Waals surface area contributed by atoms with Gasteiger partial charge in [-0.3, -0.25) is 4.79 Å². The van der Waals surface area contributed by atoms with Gasteiger partial charge >= 0.3 is 0 Å². The van der Waals surface area contributed by atoms with Crippen molar-refractivity contribution in [2.24, 2.45) is 5.92 Å². The molecular formula is C17H25N3O4S. The molecule has 0 unspecified atom stereocenters. The average Bonchev–Trinajstić information content (AvgIpc) is 2.87. The fourth-order valence-electron chi connectivity index (χ4n) is 3.71. The molecule has 3 saturated heterocycles. The Morgan fingerprint density at radius 1 is 1.24 bits per heavy atom. The molecule has 25 heavy (non-hydrogen) atoms. The van der Waals surface area contributed by atoms with Crippen LogP contribution in [0.2, 0.25) is 0 Å². The van der Waals surface area contributed by atoms with E-state index in [2.05, 4.69) is 0 Å². The first-order chi connectivity index (χ1) is 11.8. The zero-order chi connectivity index (χ0) is 18.2. The maximum absolute atomic E-state index is 12.8. The fraction of sp³-hybridized carbons (Fsp3) is 0.588. The summed E-state index contributed by atoms with van der Waals surface area (Å²) in [6, 6.07) is 6.62. The maximum Gasteiger partial charge on any atom is 0.281 e. The number of carbonyl (C=O) groups excluding carboxylic acids is 1. The minimum Gasteiger partial charge on any atom is -0.508 e. The smallest absolute Gasteiger partial charge is 0.281 e. The predicted molar refractivity (Wildman–Crippen MR) is 94.2 cm³/mol. The van der Waals surface area contributed by atoms with Gasteiger partial charge in [0.25, 0.3) is 10.2 Å². The van der Waals surface area contributed by atoms with Crippen molar-refractivity contribution in [1.82, 2.24) is 13.5 Å². The second-order valence-electron chi connectivity index (χ2n) is 7.10. The third-order valence-corrected chi connectivity index (χ3v) is 6.93. The van der Waals surface area contributed by atoms with Crippen molar-refractivity contribution < 1.29 is 18.3 Å². The van der Waals surface area contributed by atoms with Crippen LogP contribution in [0.5, 0.6) is 5.75 Å². The van der Waals surface area contributed by atoms with Gasteiger partial charge in [0, 0.05) is 39.8 Å². The second-order valence-corrected chi connectivity index (χ2v) is 9.24. The lowest BCUT2D eigenvalue weighted by molar-refractivity contribution is -0.134. The summed E-state index contributed by atoms with van der Waals surface area (Å²) in [6.45, 7) is 1.41. The Bertz CT molecular complexity index is 750. The Balaban J connectivity index is 1.75. The summed E-state index contributed by atoms with van der Waals surface area (Å²) in [6.07, 6.45) is 1.99. The third kappa shape index (κ3) is 3.80. The molecule has 8 heteroatoms. The molecule has 7 nitrogen and oxygen atoms in total. The van der Waals surface area contributed by atoms with Crippen LogP contribution in [-0.4, -0.2) is 72.7 Å². The fourth-order valence-corrected chi connectivity index (χ4v) is 4.93. The van der Waals surface area contributed by atoms with Gasteiger partial charge in [0.15, 0.2) is 0 Å². The van der Waals surface area contributed by atoms with Crippen LogP contribution < -0.4 is 0 Å². The summed E-state index contributed by atoms with van der Waals surface area (Å²) < 4.78 is 27.7. The summed E-state index contributed by atoms with van der Waals surface area (Å²) in [5.41, 5.74) is 0.767. The minimum absolute atomic E-state index is 0.00981. The first kappa shape index (κ1) is 18.2. The number of aromatic hydroxyl groups is 1. The number of phenolic OH excluding ortho intramolecular Hbond substituents is 1. The van der Waals surface area contributed by atoms with E-state index in [0.29, 0.717) is 19.6 Å². The number of rotatable bonds is 4. The Morgan fingerprint density at radius 2 is 2.00 bits per heavy atom. The molecule has 3 fully saturated rings. The summed E-state index contributed by atoms with van der Waals surface area (Å²) in [7, 11) is -0.398. The lowest BCUT2D eigenvalue weighted by atomic mass is 9.94. The van der Waals surface area contributed by atoms with E-state index in [1.54, 1.807) is 18.2 Å². The first-order valence-corrected chi connectivity index (χ1v) is 9.92. The molecule has 2 bridgehead atoms. The van der Waals surface area contributed by atoms with Gasteiger partial charge in [0.05, 0.1) is 6.42 Å². The lowest BCUT2D eigenvalue weighted by Crippen LogP contribution is -2.49. The van der Waals surface area contributed by atoms with Crippen LogP contribution in [0.25, 0.3) is 0 Å². The van der Waals surface area contributed by atoms with E-state index >= 15 is 0 Å². The van der Waals surface area contributed by atoms with Gasteiger partial charge in [-0.2, -0.15) is 17.0 Å². The van der Waals surface area contributed by atoms with Crippen LogP contribution in [0.4, 0.5) is 0 Å². The van der Waals surface area contributed by atoms with Crippen molar-refractivity contribution in [2.75, 3.05) is 33.7 Å². The van der Waals surface area contributed by atoms with E-state index in [0.717, 1.165) is 18.4 Å². The van der Waals surface area contributed by atoms with Gasteiger partial charge in [0.1, 0.15) is 5.75 Å². The van der Waals surface area contributed by atoms with Crippen LogP contribution in [0, 0.1) is 5.92 Å². The van der Waals surface area contributed by atoms with Crippen molar-refractivity contribution in [1.29, 1.82) is 0 Å². The molecule has 1 aromatic rings. The molecule has 0 aliphatic carbocycles. The molecule has 3 aliphatic heterocycles. The van der Waals surface area contributed by atoms with Crippen LogP contribution in [-0.2, 0) is 21.4 Å². The molecule has 0 radical (unpaired) electrons. The van der Waals surface area contributed by atoms with Crippen molar-refractivity contribution in [3.05, 3.63) is 29.8 Å². The van der Waals surface area contributed by atoms with Crippen molar-refractivity contribution >= 4 is 16.1 Å². The molecule has 3 heterocycles. The molecule has 1 N–H and O–H groups in total. The molecule has 3 aliphatic rings. The van der Waals surface area contributed by atoms with Gasteiger partial charge < -0.3 is 10.0 Å². The molecule has 0 aromatic heterocycles. The molecule has 0 spiro atoms. The van der Waals surface area contributed by atoms with Crippen LogP contribution in [0.3, 0.4) is 0 Å². The van der Waals surface area contributed by atoms with E-state index < -0.39 is 10.2 Å². The highest BCUT2D eigenvalue weighted by atomic mass is 32.2. The van der Waals surface area contributed by atoms with Crippen LogP contribution in [0.1, 0.15) is 18.4 Å². The normalized spacial score (nSPS) is 24.5. The predicted octanol–water partition coefficient (Wildman–Crippen LogP) is 0.664. The van der Waals surface area contributed by atoms with Crippen LogP contribution in [0.15, 0.2) is 24.3 Å². The number of phenols is 1. The van der Waals surface area contributed by atoms with Gasteiger partial charge in [-0.15, -0.1) is 0 Å². The van der Waals surface area contributed by atoms with Crippen molar-refractivity contribution in [2.45, 2.75) is 25.3 Å². The quantitative estimate of drug-likeness (QED) is 0.848. The number of piperidine rings is 1. The summed E-state index contributed by atoms with van der Waals surface area (Å²) in [5.74, 6) is 0.303. The lowest BCUT2D eigenvalue weighted by Gasteiger charge is -2.36. The second kappa shape index (κ2) is 6.93. The summed E-state index contributed by atoms with van der Waals surface area (Å²) in [4.78, 5) is 14.6. The van der Waals surface area contributed by atoms with E-state index in [1.165, 1.54) is 22.7 Å². The van der Waals surface area contributed by atoms with E-state index in [1.807, 2.05) is 11.0 Å². The molecule has 4 rings (SSSR count). The zero-order valence-electron chi connectivity index (χ0n) is 14.6. The number of nitrogens with zero attached hydrogens (tertiary/aromatic N) is 3. The number of hydrogen-bond donors (Lipinski definition) is 1. The number of amides is 1. The van der Waals surface area contributed by atoms with Gasteiger partial charge in [0.2, 0.25) is 5.91 Å². The van der Waals surface area contributed by atoms with Crippen LogP contribution >= 0.6 is 0 Å². The van der Waals surface area contributed by atoms with E-state index in [4.69, 9.17) is 0 Å². The zero-order valence-corrected chi connectivity index (χ0v) is 15.4. The highest BCUT2D eigenvalue weighted by Crippen LogP contribution is 2.30. The van der Waals surface area contributed by atoms with Gasteiger partial charge in [-0.05, 0) is 36.5 Å². The van der Waals surface area contributed by atoms with Gasteiger partial charge in [-0.1, -0.05) is 12.1 Å². The molecule has 1 amide bonds. The van der Waals surface area contributed by atoms with E-state index in [9.17, 15) is 18.3 Å². The highest BCUT2D eigenvalue weighted by molar-refractivity contribution is 7.86. The Hall–Kier alpha value is -1.64. The number of hydrogen-bond acceptors (Lipinski definition) is 4. The Labute approximate surface area is 149 Å². The van der Waals surface area contributed by atoms with E-state index in [-0.39, 0.29) is 30.0 Å². The first-order valence-electron chi connectivity index (χ1n) is 8.52. The minimum atomic E-state index is -3.47. The topological polar surface area (TPSA) is 81.2 Å². The highest BCUT2D eigenvalue weighted by Gasteiger charge is 2.41. The largest absolute Gasteiger partial charge is 0.508 e. The Kier molecular flexibility index (Phi) is 5.04. The van der Waals surface area contributed by atoms with Gasteiger partial charge in [-0.25, -0.2) is 0 Å². The monoisotopic (exact) mass is 367 g/mol. The summed E-state index contributed by atoms with van der Waals surface area (Å²) in [5, 5.41) is 9.56. The molecule has 2 atom stereocenters. The standard InChI is InChI=1S/C17H25N3O4S/c1-18(2)25(23,24)19-10-14-6-7-15(12-19)20(11-14)17(22)9-13-4-3-5-16(21)8-13/h3-5,8,14-15,21H,6-7,9-12H2,1-2H3/t14-,15+/m0/s1. The molecule has 138 valence electrons. The van der Waals surface area contributed by atoms with Crippen molar-refractivity contribution in [3.63, 3.8) is 0 Å². The average molecular weight is 367 g/mol. The SMILES string of the molecule is CN(C)S(=O)(=O)N1C[C@@H]2CC[C@H](C1)N(C(=O)Cc1cccc(O)c1)C2.